The summed E-state index contributed by atoms with van der Waals surface area (Å²) >= 11 is 0. The molecule has 0 aliphatic carbocycles. The molecule has 0 saturated heterocycles. The van der Waals surface area contributed by atoms with Gasteiger partial charge in [0.1, 0.15) is 5.82 Å². The third-order valence-corrected chi connectivity index (χ3v) is 5.38. The van der Waals surface area contributed by atoms with Crippen LogP contribution in [0.5, 0.6) is 0 Å². The minimum Gasteiger partial charge on any atom is -0.346 e. The van der Waals surface area contributed by atoms with Crippen LogP contribution in [0.3, 0.4) is 0 Å². The van der Waals surface area contributed by atoms with E-state index in [0.717, 1.165) is 55.6 Å². The molecule has 2 N–H and O–H groups in total. The van der Waals surface area contributed by atoms with Crippen LogP contribution in [0.4, 0.5) is 35.1 Å². The van der Waals surface area contributed by atoms with Crippen molar-refractivity contribution in [1.29, 1.82) is 0 Å². The van der Waals surface area contributed by atoms with Gasteiger partial charge in [-0.3, -0.25) is 14.6 Å². The summed E-state index contributed by atoms with van der Waals surface area (Å²) in [5, 5.41) is 3.97. The number of carbonyl (C=O) groups excluding carboxylic acids is 2. The number of halogens is 8. The summed E-state index contributed by atoms with van der Waals surface area (Å²) in [5.74, 6) is -3.22. The Kier molecular flexibility index (Phi) is 10.1. The quantitative estimate of drug-likeness (QED) is 0.278. The molecule has 1 unspecified atom stereocenters. The molecule has 5 nitrogen and oxygen atoms in total. The maximum atomic E-state index is 13.8. The minimum absolute atomic E-state index is 0.0162. The average Bonchev–Trinajstić information content (AvgIpc) is 2.86. The zero-order valence-corrected chi connectivity index (χ0v) is 20.6. The van der Waals surface area contributed by atoms with Crippen molar-refractivity contribution in [3.8, 4) is 11.3 Å². The Morgan fingerprint density at radius 1 is 1.05 bits per heavy atom. The fraction of sp³-hybridized carbons (Fsp3) is 0.269. The predicted molar refractivity (Wildman–Crippen MR) is 128 cm³/mol. The highest BCUT2D eigenvalue weighted by atomic mass is 19.4. The van der Waals surface area contributed by atoms with Gasteiger partial charge in [0.05, 0.1) is 17.9 Å². The average molecular weight is 561 g/mol. The highest BCUT2D eigenvalue weighted by molar-refractivity contribution is 5.96. The number of aromatic nitrogens is 1. The number of hydrogen-bond acceptors (Lipinski definition) is 3. The van der Waals surface area contributed by atoms with E-state index in [9.17, 15) is 44.7 Å². The number of benzene rings is 1. The molecule has 210 valence electrons. The first-order valence-corrected chi connectivity index (χ1v) is 11.1. The molecule has 39 heavy (non-hydrogen) atoms. The van der Waals surface area contributed by atoms with Gasteiger partial charge in [-0.25, -0.2) is 8.78 Å². The van der Waals surface area contributed by atoms with Gasteiger partial charge in [-0.1, -0.05) is 24.8 Å². The van der Waals surface area contributed by atoms with Gasteiger partial charge in [0.2, 0.25) is 0 Å². The summed E-state index contributed by atoms with van der Waals surface area (Å²) in [5.41, 5.74) is -1.83. The van der Waals surface area contributed by atoms with Gasteiger partial charge in [0.25, 0.3) is 11.8 Å². The third-order valence-electron chi connectivity index (χ3n) is 5.38. The SMILES string of the molecule is C=C/C(=C\C=C(/C)C(F)(F)F)[C@@H](C)NC(=O)c1cc(-c2ccc(F)cn2)cc(C(NC(=O)CF)C(F)(F)F)c1. The standard InChI is InChI=1S/C26H23F8N3O2/c1-4-16(6-5-14(2)25(29,30)31)15(3)36-24(39)19-10-17(21-8-7-20(28)13-35-21)9-18(11-19)23(26(32,33)34)37-22(38)12-27/h4-11,13,15,23H,1,12H2,2-3H3,(H,36,39)(H,37,38)/b14-5+,16-6+/t15-,23?/m1/s1. The number of amides is 2. The Labute approximate surface area is 218 Å². The van der Waals surface area contributed by atoms with Crippen LogP contribution in [0.1, 0.15) is 35.8 Å². The number of hydrogen-bond donors (Lipinski definition) is 2. The lowest BCUT2D eigenvalue weighted by Crippen LogP contribution is -2.39. The minimum atomic E-state index is -5.10. The zero-order chi connectivity index (χ0) is 29.5. The summed E-state index contributed by atoms with van der Waals surface area (Å²) in [7, 11) is 0. The number of carbonyl (C=O) groups is 2. The molecular formula is C26H23F8N3O2. The van der Waals surface area contributed by atoms with Gasteiger partial charge in [0, 0.05) is 16.7 Å². The molecule has 0 aliphatic heterocycles. The van der Waals surface area contributed by atoms with E-state index >= 15 is 0 Å². The molecule has 0 bridgehead atoms. The predicted octanol–water partition coefficient (Wildman–Crippen LogP) is 6.32. The highest BCUT2D eigenvalue weighted by Gasteiger charge is 2.42. The van der Waals surface area contributed by atoms with Gasteiger partial charge < -0.3 is 10.6 Å². The number of pyridine rings is 1. The second-order valence-electron chi connectivity index (χ2n) is 8.29. The van der Waals surface area contributed by atoms with Gasteiger partial charge in [0.15, 0.2) is 12.7 Å². The van der Waals surface area contributed by atoms with E-state index in [0.29, 0.717) is 0 Å². The number of allylic oxidation sites excluding steroid dienone is 3. The lowest BCUT2D eigenvalue weighted by atomic mass is 9.97. The lowest BCUT2D eigenvalue weighted by Gasteiger charge is -2.23. The number of nitrogens with zero attached hydrogens (tertiary/aromatic N) is 1. The molecule has 2 aromatic rings. The summed E-state index contributed by atoms with van der Waals surface area (Å²) in [6, 6.07) is 1.42. The third kappa shape index (κ3) is 8.76. The fourth-order valence-corrected chi connectivity index (χ4v) is 3.27. The maximum Gasteiger partial charge on any atom is 0.412 e. The first-order valence-electron chi connectivity index (χ1n) is 11.1. The fourth-order valence-electron chi connectivity index (χ4n) is 3.27. The Morgan fingerprint density at radius 2 is 1.72 bits per heavy atom. The van der Waals surface area contributed by atoms with Gasteiger partial charge in [-0.05, 0) is 55.3 Å². The summed E-state index contributed by atoms with van der Waals surface area (Å²) in [4.78, 5) is 28.3. The Balaban J connectivity index is 2.55. The maximum absolute atomic E-state index is 13.8. The normalized spacial score (nSPS) is 14.4. The van der Waals surface area contributed by atoms with Crippen LogP contribution in [-0.2, 0) is 4.79 Å². The first kappa shape index (κ1) is 31.2. The molecule has 0 saturated carbocycles. The molecule has 2 atom stereocenters. The van der Waals surface area contributed by atoms with E-state index in [2.05, 4.69) is 16.9 Å². The van der Waals surface area contributed by atoms with E-state index in [1.54, 1.807) is 0 Å². The highest BCUT2D eigenvalue weighted by Crippen LogP contribution is 2.35. The molecule has 1 aromatic carbocycles. The van der Waals surface area contributed by atoms with Crippen molar-refractivity contribution in [2.24, 2.45) is 0 Å². The van der Waals surface area contributed by atoms with Crippen molar-refractivity contribution < 1.29 is 44.7 Å². The van der Waals surface area contributed by atoms with Crippen molar-refractivity contribution in [3.63, 3.8) is 0 Å². The first-order chi connectivity index (χ1) is 18.1. The van der Waals surface area contributed by atoms with Crippen LogP contribution in [0.2, 0.25) is 0 Å². The van der Waals surface area contributed by atoms with Crippen molar-refractivity contribution in [2.75, 3.05) is 6.67 Å². The Hall–Kier alpha value is -4.03. The second kappa shape index (κ2) is 12.7. The van der Waals surface area contributed by atoms with E-state index < -0.39 is 59.9 Å². The van der Waals surface area contributed by atoms with Crippen molar-refractivity contribution in [2.45, 2.75) is 38.3 Å². The smallest absolute Gasteiger partial charge is 0.346 e. The number of alkyl halides is 7. The van der Waals surface area contributed by atoms with Crippen LogP contribution in [0.25, 0.3) is 11.3 Å². The van der Waals surface area contributed by atoms with E-state index in [-0.39, 0.29) is 22.4 Å². The number of nitrogens with one attached hydrogen (secondary N) is 2. The molecule has 1 aromatic heterocycles. The van der Waals surface area contributed by atoms with E-state index in [4.69, 9.17) is 0 Å². The molecule has 1 heterocycles. The molecular weight excluding hydrogens is 538 g/mol. The Morgan fingerprint density at radius 3 is 2.23 bits per heavy atom. The lowest BCUT2D eigenvalue weighted by molar-refractivity contribution is -0.163. The van der Waals surface area contributed by atoms with Crippen molar-refractivity contribution in [1.82, 2.24) is 15.6 Å². The van der Waals surface area contributed by atoms with Crippen LogP contribution in [0.15, 0.2) is 72.5 Å². The van der Waals surface area contributed by atoms with E-state index in [1.807, 2.05) is 0 Å². The molecule has 2 rings (SSSR count). The van der Waals surface area contributed by atoms with Crippen LogP contribution in [0, 0.1) is 5.82 Å². The summed E-state index contributed by atoms with van der Waals surface area (Å²) < 4.78 is 106. The number of rotatable bonds is 9. The second-order valence-corrected chi connectivity index (χ2v) is 8.29. The van der Waals surface area contributed by atoms with Crippen molar-refractivity contribution in [3.05, 3.63) is 89.4 Å². The monoisotopic (exact) mass is 561 g/mol. The van der Waals surface area contributed by atoms with Gasteiger partial charge in [-0.2, -0.15) is 26.3 Å². The van der Waals surface area contributed by atoms with Crippen LogP contribution < -0.4 is 10.6 Å². The van der Waals surface area contributed by atoms with Crippen molar-refractivity contribution >= 4 is 11.8 Å². The van der Waals surface area contributed by atoms with Gasteiger partial charge >= 0.3 is 12.4 Å². The molecule has 2 amide bonds. The summed E-state index contributed by atoms with van der Waals surface area (Å²) in [6.45, 7) is 4.03. The molecule has 0 aliphatic rings. The largest absolute Gasteiger partial charge is 0.412 e. The zero-order valence-electron chi connectivity index (χ0n) is 20.6. The topological polar surface area (TPSA) is 71.1 Å². The van der Waals surface area contributed by atoms with Gasteiger partial charge in [-0.15, -0.1) is 0 Å². The van der Waals surface area contributed by atoms with E-state index in [1.165, 1.54) is 18.3 Å². The molecule has 0 fully saturated rings. The summed E-state index contributed by atoms with van der Waals surface area (Å²) in [6.07, 6.45) is -5.82. The van der Waals surface area contributed by atoms with Crippen LogP contribution >= 0.6 is 0 Å². The molecule has 0 radical (unpaired) electrons. The molecule has 0 spiro atoms. The Bertz CT molecular complexity index is 1270. The van der Waals surface area contributed by atoms with Crippen LogP contribution in [-0.4, -0.2) is 41.9 Å². The molecule has 13 heteroatoms.